The number of esters is 1. The zero-order valence-corrected chi connectivity index (χ0v) is 25.3. The second-order valence-corrected chi connectivity index (χ2v) is 10.0. The molecule has 234 valence electrons. The number of carboxylic acids is 1. The van der Waals surface area contributed by atoms with Crippen LogP contribution in [0.3, 0.4) is 0 Å². The van der Waals surface area contributed by atoms with Gasteiger partial charge in [-0.25, -0.2) is 4.79 Å². The number of benzene rings is 1. The minimum Gasteiger partial charge on any atom is -0.481 e. The zero-order chi connectivity index (χ0) is 32.4. The Kier molecular flexibility index (Phi) is 16.6. The van der Waals surface area contributed by atoms with Gasteiger partial charge in [0, 0.05) is 43.3 Å². The number of aromatic nitrogens is 1. The number of hydrogen-bond acceptors (Lipinski definition) is 8. The number of pyridine rings is 1. The Labute approximate surface area is 252 Å². The van der Waals surface area contributed by atoms with Crippen LogP contribution in [0.15, 0.2) is 59.5 Å². The first-order chi connectivity index (χ1) is 20.4. The van der Waals surface area contributed by atoms with Crippen LogP contribution >= 0.6 is 0 Å². The van der Waals surface area contributed by atoms with Crippen LogP contribution < -0.4 is 16.6 Å². The highest BCUT2D eigenvalue weighted by Gasteiger charge is 2.23. The number of carbonyl (C=O) groups excluding carboxylic acids is 4. The van der Waals surface area contributed by atoms with Crippen molar-refractivity contribution in [3.05, 3.63) is 76.2 Å². The van der Waals surface area contributed by atoms with Crippen molar-refractivity contribution in [3.63, 3.8) is 0 Å². The molecular weight excluding hydrogens is 554 g/mol. The van der Waals surface area contributed by atoms with Crippen molar-refractivity contribution < 1.29 is 33.8 Å². The summed E-state index contributed by atoms with van der Waals surface area (Å²) >= 11 is 0. The number of anilines is 1. The summed E-state index contributed by atoms with van der Waals surface area (Å²) in [4.78, 5) is 72.1. The number of Topliss-reactive ketones (excluding diaryl/α,β-unsaturated/α-hetero) is 2. The van der Waals surface area contributed by atoms with E-state index in [4.69, 9.17) is 15.6 Å². The molecule has 43 heavy (non-hydrogen) atoms. The Hall–Kier alpha value is -4.54. The van der Waals surface area contributed by atoms with Gasteiger partial charge in [-0.2, -0.15) is 0 Å². The van der Waals surface area contributed by atoms with E-state index in [0.717, 1.165) is 26.2 Å². The first kappa shape index (κ1) is 36.5. The number of allylic oxidation sites excluding steroid dienone is 1. The molecule has 0 aliphatic carbocycles. The maximum atomic E-state index is 13.3. The molecule has 2 aromatic rings. The fourth-order valence-electron chi connectivity index (χ4n) is 4.25. The van der Waals surface area contributed by atoms with Crippen molar-refractivity contribution in [1.29, 1.82) is 0 Å². The molecule has 0 spiro atoms. The lowest BCUT2D eigenvalue weighted by Gasteiger charge is -2.18. The van der Waals surface area contributed by atoms with E-state index >= 15 is 0 Å². The first-order valence-corrected chi connectivity index (χ1v) is 14.2. The molecule has 0 saturated carbocycles. The summed E-state index contributed by atoms with van der Waals surface area (Å²) in [6.07, 6.45) is 7.82. The number of methoxy groups -OCH3 is 1. The number of nitrogens with two attached hydrogens (primary N) is 1. The SMILES string of the molecule is CC(=O)O.CCC(CC)CCC(=O)Cn1cccc(CC(=O)[C@H](CC/C=C/C(=O)OC)NC(=O)c2ccccc2N)c1=O. The van der Waals surface area contributed by atoms with E-state index in [1.165, 1.54) is 17.8 Å². The molecular formula is C32H43N3O8. The second-order valence-electron chi connectivity index (χ2n) is 10.0. The lowest BCUT2D eigenvalue weighted by atomic mass is 9.96. The van der Waals surface area contributed by atoms with Gasteiger partial charge in [-0.3, -0.25) is 24.0 Å². The highest BCUT2D eigenvalue weighted by atomic mass is 16.5. The standard InChI is InChI=1S/C30H39N3O6.C2H4O2/c1-4-21(5-2)16-17-23(34)20-33-18-10-11-22(30(33)38)19-27(35)26(14-8-9-15-28(36)39-3)32-29(37)24-12-6-7-13-25(24)31;1-2(3)4/h6-7,9-13,15,18,21,26H,4-5,8,14,16-17,19-20,31H2,1-3H3,(H,32,37);1H3,(H,3,4)/b15-9+;/t26-;/m0./s1. The molecule has 0 bridgehead atoms. The van der Waals surface area contributed by atoms with Gasteiger partial charge in [0.2, 0.25) is 0 Å². The number of aliphatic carboxylic acids is 1. The highest BCUT2D eigenvalue weighted by Crippen LogP contribution is 2.15. The van der Waals surface area contributed by atoms with Gasteiger partial charge in [0.15, 0.2) is 11.6 Å². The molecule has 0 fully saturated rings. The van der Waals surface area contributed by atoms with Gasteiger partial charge >= 0.3 is 5.97 Å². The Morgan fingerprint density at radius 1 is 1.05 bits per heavy atom. The van der Waals surface area contributed by atoms with Crippen molar-refractivity contribution in [2.45, 2.75) is 78.3 Å². The topological polar surface area (TPSA) is 175 Å². The molecule has 2 rings (SSSR count). The largest absolute Gasteiger partial charge is 0.481 e. The van der Waals surface area contributed by atoms with Crippen molar-refractivity contribution in [1.82, 2.24) is 9.88 Å². The van der Waals surface area contributed by atoms with E-state index in [2.05, 4.69) is 23.9 Å². The van der Waals surface area contributed by atoms with Gasteiger partial charge in [0.25, 0.3) is 17.4 Å². The number of ketones is 2. The third kappa shape index (κ3) is 13.8. The zero-order valence-electron chi connectivity index (χ0n) is 25.3. The number of amides is 1. The van der Waals surface area contributed by atoms with Crippen molar-refractivity contribution in [2.24, 2.45) is 5.92 Å². The summed E-state index contributed by atoms with van der Waals surface area (Å²) in [5.74, 6) is -1.81. The monoisotopic (exact) mass is 597 g/mol. The van der Waals surface area contributed by atoms with Crippen molar-refractivity contribution >= 4 is 35.1 Å². The average Bonchev–Trinajstić information content (AvgIpc) is 2.96. The van der Waals surface area contributed by atoms with Crippen molar-refractivity contribution in [3.8, 4) is 0 Å². The lowest BCUT2D eigenvalue weighted by Crippen LogP contribution is -2.42. The maximum Gasteiger partial charge on any atom is 0.330 e. The molecule has 1 heterocycles. The van der Waals surface area contributed by atoms with Crippen LogP contribution in [-0.4, -0.2) is 52.2 Å². The van der Waals surface area contributed by atoms with E-state index in [1.54, 1.807) is 48.7 Å². The predicted octanol–water partition coefficient (Wildman–Crippen LogP) is 3.73. The quantitative estimate of drug-likeness (QED) is 0.148. The number of nitrogens with one attached hydrogen (secondary N) is 1. The van der Waals surface area contributed by atoms with E-state index in [0.29, 0.717) is 18.8 Å². The third-order valence-electron chi connectivity index (χ3n) is 6.77. The van der Waals surface area contributed by atoms with Gasteiger partial charge < -0.3 is 25.5 Å². The summed E-state index contributed by atoms with van der Waals surface area (Å²) in [5.41, 5.74) is 6.24. The predicted molar refractivity (Wildman–Crippen MR) is 164 cm³/mol. The molecule has 11 heteroatoms. The molecule has 0 unspecified atom stereocenters. The molecule has 0 saturated heterocycles. The molecule has 0 aliphatic rings. The van der Waals surface area contributed by atoms with Crippen LogP contribution in [0.25, 0.3) is 0 Å². The second kappa shape index (κ2) is 19.6. The Morgan fingerprint density at radius 3 is 2.30 bits per heavy atom. The minimum atomic E-state index is -0.936. The minimum absolute atomic E-state index is 0.0320. The summed E-state index contributed by atoms with van der Waals surface area (Å²) in [6, 6.07) is 8.76. The van der Waals surface area contributed by atoms with Gasteiger partial charge in [-0.05, 0) is 43.4 Å². The molecule has 1 amide bonds. The highest BCUT2D eigenvalue weighted by molar-refractivity contribution is 6.01. The first-order valence-electron chi connectivity index (χ1n) is 14.2. The fraction of sp³-hybridized carbons (Fsp3) is 0.438. The van der Waals surface area contributed by atoms with Gasteiger partial charge in [-0.1, -0.05) is 51.0 Å². The van der Waals surface area contributed by atoms with Crippen molar-refractivity contribution in [2.75, 3.05) is 12.8 Å². The molecule has 0 aliphatic heterocycles. The molecule has 0 radical (unpaired) electrons. The van der Waals surface area contributed by atoms with Crippen LogP contribution in [0, 0.1) is 5.92 Å². The fourth-order valence-corrected chi connectivity index (χ4v) is 4.25. The molecule has 1 atom stereocenters. The van der Waals surface area contributed by atoms with Gasteiger partial charge in [0.1, 0.15) is 0 Å². The normalized spacial score (nSPS) is 11.4. The number of hydrogen-bond donors (Lipinski definition) is 3. The van der Waals surface area contributed by atoms with E-state index in [9.17, 15) is 24.0 Å². The van der Waals surface area contributed by atoms with E-state index < -0.39 is 29.4 Å². The number of nitrogens with zero attached hydrogens (tertiary/aromatic N) is 1. The number of rotatable bonds is 16. The van der Waals surface area contributed by atoms with Crippen LogP contribution in [0.1, 0.15) is 75.2 Å². The number of para-hydroxylation sites is 1. The summed E-state index contributed by atoms with van der Waals surface area (Å²) in [5, 5.41) is 10.1. The molecule has 4 N–H and O–H groups in total. The summed E-state index contributed by atoms with van der Waals surface area (Å²) in [6.45, 7) is 5.24. The molecule has 1 aromatic heterocycles. The van der Waals surface area contributed by atoms with Crippen LogP contribution in [0.5, 0.6) is 0 Å². The van der Waals surface area contributed by atoms with Crippen LogP contribution in [0.2, 0.25) is 0 Å². The maximum absolute atomic E-state index is 13.3. The third-order valence-corrected chi connectivity index (χ3v) is 6.77. The van der Waals surface area contributed by atoms with Crippen LogP contribution in [0.4, 0.5) is 5.69 Å². The van der Waals surface area contributed by atoms with E-state index in [1.807, 2.05) is 0 Å². The number of ether oxygens (including phenoxy) is 1. The number of carbonyl (C=O) groups is 5. The molecule has 11 nitrogen and oxygen atoms in total. The van der Waals surface area contributed by atoms with Crippen LogP contribution in [-0.2, 0) is 36.9 Å². The van der Waals surface area contributed by atoms with Gasteiger partial charge in [0.05, 0.1) is 25.3 Å². The average molecular weight is 598 g/mol. The summed E-state index contributed by atoms with van der Waals surface area (Å²) < 4.78 is 5.90. The Bertz CT molecular complexity index is 1320. The number of carboxylic acid groups (broad SMARTS) is 1. The lowest BCUT2D eigenvalue weighted by molar-refractivity contribution is -0.135. The van der Waals surface area contributed by atoms with E-state index in [-0.39, 0.29) is 47.8 Å². The number of nitrogen functional groups attached to an aromatic ring is 1. The van der Waals surface area contributed by atoms with Gasteiger partial charge in [-0.15, -0.1) is 0 Å². The Balaban J connectivity index is 0.00000217. The smallest absolute Gasteiger partial charge is 0.330 e. The Morgan fingerprint density at radius 2 is 1.70 bits per heavy atom. The summed E-state index contributed by atoms with van der Waals surface area (Å²) in [7, 11) is 1.26. The molecule has 1 aromatic carbocycles.